The van der Waals surface area contributed by atoms with E-state index in [1.807, 2.05) is 6.07 Å². The Labute approximate surface area is 114 Å². The first-order chi connectivity index (χ1) is 9.72. The van der Waals surface area contributed by atoms with Gasteiger partial charge in [-0.3, -0.25) is 9.97 Å². The molecule has 2 nitrogen and oxygen atoms in total. The molecule has 4 heteroatoms. The third-order valence-corrected chi connectivity index (χ3v) is 2.72. The molecule has 20 heavy (non-hydrogen) atoms. The summed E-state index contributed by atoms with van der Waals surface area (Å²) in [6.45, 7) is 0. The van der Waals surface area contributed by atoms with Gasteiger partial charge in [0.1, 0.15) is 11.6 Å². The summed E-state index contributed by atoms with van der Waals surface area (Å²) >= 11 is 0. The minimum atomic E-state index is -0.677. The Balaban J connectivity index is 1.99. The summed E-state index contributed by atoms with van der Waals surface area (Å²) in [6, 6.07) is 8.71. The van der Waals surface area contributed by atoms with Crippen molar-refractivity contribution in [3.05, 3.63) is 71.6 Å². The van der Waals surface area contributed by atoms with Gasteiger partial charge in [-0.1, -0.05) is 11.8 Å². The highest BCUT2D eigenvalue weighted by Crippen LogP contribution is 2.11. The van der Waals surface area contributed by atoms with Crippen molar-refractivity contribution >= 4 is 11.0 Å². The fourth-order valence-electron chi connectivity index (χ4n) is 1.75. The van der Waals surface area contributed by atoms with Crippen LogP contribution in [-0.4, -0.2) is 9.97 Å². The molecule has 0 unspecified atom stereocenters. The molecule has 96 valence electrons. The van der Waals surface area contributed by atoms with Gasteiger partial charge in [0.15, 0.2) is 0 Å². The van der Waals surface area contributed by atoms with Crippen LogP contribution in [0.1, 0.15) is 11.1 Å². The molecule has 0 atom stereocenters. The van der Waals surface area contributed by atoms with E-state index in [0.29, 0.717) is 5.56 Å². The zero-order valence-corrected chi connectivity index (χ0v) is 10.3. The zero-order chi connectivity index (χ0) is 13.9. The van der Waals surface area contributed by atoms with E-state index >= 15 is 0 Å². The molecule has 3 rings (SSSR count). The van der Waals surface area contributed by atoms with Gasteiger partial charge in [-0.05, 0) is 30.3 Å². The van der Waals surface area contributed by atoms with Gasteiger partial charge in [-0.25, -0.2) is 8.78 Å². The average Bonchev–Trinajstić information content (AvgIpc) is 2.46. The third-order valence-electron chi connectivity index (χ3n) is 2.72. The first-order valence-corrected chi connectivity index (χ1v) is 5.90. The van der Waals surface area contributed by atoms with Crippen molar-refractivity contribution in [1.82, 2.24) is 9.97 Å². The van der Waals surface area contributed by atoms with E-state index in [4.69, 9.17) is 0 Å². The molecule has 0 saturated carbocycles. The number of hydrogen-bond acceptors (Lipinski definition) is 2. The standard InChI is InChI=1S/C16H8F2N2/c17-13-6-5-12(14(18)9-13)4-3-11-8-16-15(20-10-11)2-1-7-19-16/h1-2,5-10H. The van der Waals surface area contributed by atoms with Crippen LogP contribution in [0.25, 0.3) is 11.0 Å². The lowest BCUT2D eigenvalue weighted by atomic mass is 10.2. The average molecular weight is 266 g/mol. The second-order valence-corrected chi connectivity index (χ2v) is 4.14. The van der Waals surface area contributed by atoms with Crippen molar-refractivity contribution < 1.29 is 8.78 Å². The van der Waals surface area contributed by atoms with E-state index < -0.39 is 11.6 Å². The van der Waals surface area contributed by atoms with Gasteiger partial charge in [-0.15, -0.1) is 0 Å². The Hall–Kier alpha value is -2.80. The highest BCUT2D eigenvalue weighted by Gasteiger charge is 2.00. The van der Waals surface area contributed by atoms with Crippen LogP contribution in [0.3, 0.4) is 0 Å². The van der Waals surface area contributed by atoms with Crippen molar-refractivity contribution in [3.8, 4) is 11.8 Å². The van der Waals surface area contributed by atoms with Crippen molar-refractivity contribution in [2.24, 2.45) is 0 Å². The molecule has 2 heterocycles. The molecule has 0 aliphatic carbocycles. The predicted octanol–water partition coefficient (Wildman–Crippen LogP) is 3.31. The van der Waals surface area contributed by atoms with Gasteiger partial charge in [-0.2, -0.15) is 0 Å². The highest BCUT2D eigenvalue weighted by molar-refractivity contribution is 5.75. The first kappa shape index (κ1) is 12.2. The van der Waals surface area contributed by atoms with E-state index in [1.54, 1.807) is 24.5 Å². The molecule has 2 aromatic heterocycles. The van der Waals surface area contributed by atoms with E-state index in [1.165, 1.54) is 12.1 Å². The Morgan fingerprint density at radius 1 is 0.900 bits per heavy atom. The van der Waals surface area contributed by atoms with Gasteiger partial charge in [0.05, 0.1) is 16.6 Å². The van der Waals surface area contributed by atoms with Crippen LogP contribution in [-0.2, 0) is 0 Å². The summed E-state index contributed by atoms with van der Waals surface area (Å²) in [7, 11) is 0. The van der Waals surface area contributed by atoms with Gasteiger partial charge in [0, 0.05) is 24.0 Å². The summed E-state index contributed by atoms with van der Waals surface area (Å²) < 4.78 is 26.2. The molecule has 0 fully saturated rings. The van der Waals surface area contributed by atoms with Crippen LogP contribution < -0.4 is 0 Å². The number of aromatic nitrogens is 2. The molecular weight excluding hydrogens is 258 g/mol. The monoisotopic (exact) mass is 266 g/mol. The van der Waals surface area contributed by atoms with Crippen molar-refractivity contribution in [3.63, 3.8) is 0 Å². The van der Waals surface area contributed by atoms with E-state index in [0.717, 1.165) is 17.1 Å². The van der Waals surface area contributed by atoms with Crippen molar-refractivity contribution in [2.45, 2.75) is 0 Å². The Morgan fingerprint density at radius 2 is 1.80 bits per heavy atom. The summed E-state index contributed by atoms with van der Waals surface area (Å²) in [5.74, 6) is 4.16. The van der Waals surface area contributed by atoms with Crippen LogP contribution >= 0.6 is 0 Å². The van der Waals surface area contributed by atoms with Gasteiger partial charge in [0.2, 0.25) is 0 Å². The number of pyridine rings is 2. The molecule has 0 aliphatic rings. The topological polar surface area (TPSA) is 25.8 Å². The zero-order valence-electron chi connectivity index (χ0n) is 10.3. The molecule has 0 amide bonds. The molecular formula is C16H8F2N2. The van der Waals surface area contributed by atoms with Crippen molar-refractivity contribution in [1.29, 1.82) is 0 Å². The summed E-state index contributed by atoms with van der Waals surface area (Å²) in [4.78, 5) is 8.38. The summed E-state index contributed by atoms with van der Waals surface area (Å²) in [5.41, 5.74) is 2.26. The van der Waals surface area contributed by atoms with E-state index in [2.05, 4.69) is 21.8 Å². The lowest BCUT2D eigenvalue weighted by molar-refractivity contribution is 0.581. The predicted molar refractivity (Wildman–Crippen MR) is 71.9 cm³/mol. The highest BCUT2D eigenvalue weighted by atomic mass is 19.1. The maximum Gasteiger partial charge on any atom is 0.141 e. The van der Waals surface area contributed by atoms with Crippen LogP contribution in [0, 0.1) is 23.5 Å². The Bertz CT molecular complexity index is 848. The number of fused-ring (bicyclic) bond motifs is 1. The normalized spacial score (nSPS) is 10.1. The molecule has 0 bridgehead atoms. The maximum absolute atomic E-state index is 13.4. The summed E-state index contributed by atoms with van der Waals surface area (Å²) in [6.07, 6.45) is 3.26. The first-order valence-electron chi connectivity index (χ1n) is 5.90. The number of nitrogens with zero attached hydrogens (tertiary/aromatic N) is 2. The smallest absolute Gasteiger partial charge is 0.141 e. The van der Waals surface area contributed by atoms with Crippen LogP contribution in [0.4, 0.5) is 8.78 Å². The minimum Gasteiger partial charge on any atom is -0.255 e. The van der Waals surface area contributed by atoms with Gasteiger partial charge >= 0.3 is 0 Å². The third kappa shape index (κ3) is 2.47. The van der Waals surface area contributed by atoms with Gasteiger partial charge < -0.3 is 0 Å². The molecule has 3 aromatic rings. The lowest BCUT2D eigenvalue weighted by Gasteiger charge is -1.96. The molecule has 0 radical (unpaired) electrons. The van der Waals surface area contributed by atoms with Crippen LogP contribution in [0.15, 0.2) is 48.8 Å². The number of rotatable bonds is 0. The van der Waals surface area contributed by atoms with Crippen LogP contribution in [0.5, 0.6) is 0 Å². The Kier molecular flexibility index (Phi) is 3.10. The largest absolute Gasteiger partial charge is 0.255 e. The molecule has 0 aliphatic heterocycles. The SMILES string of the molecule is Fc1ccc(C#Cc2cnc3cccnc3c2)c(F)c1. The quantitative estimate of drug-likeness (QED) is 0.583. The number of benzene rings is 1. The molecule has 1 aromatic carbocycles. The lowest BCUT2D eigenvalue weighted by Crippen LogP contribution is -1.87. The molecule has 0 N–H and O–H groups in total. The van der Waals surface area contributed by atoms with E-state index in [9.17, 15) is 8.78 Å². The number of hydrogen-bond donors (Lipinski definition) is 0. The fraction of sp³-hybridized carbons (Fsp3) is 0. The molecule has 0 saturated heterocycles. The van der Waals surface area contributed by atoms with Gasteiger partial charge in [0.25, 0.3) is 0 Å². The Morgan fingerprint density at radius 3 is 2.65 bits per heavy atom. The fourth-order valence-corrected chi connectivity index (χ4v) is 1.75. The minimum absolute atomic E-state index is 0.146. The second kappa shape index (κ2) is 5.06. The molecule has 0 spiro atoms. The van der Waals surface area contributed by atoms with Crippen LogP contribution in [0.2, 0.25) is 0 Å². The maximum atomic E-state index is 13.4. The number of halogens is 2. The second-order valence-electron chi connectivity index (χ2n) is 4.14. The van der Waals surface area contributed by atoms with E-state index in [-0.39, 0.29) is 5.56 Å². The van der Waals surface area contributed by atoms with Crippen molar-refractivity contribution in [2.75, 3.05) is 0 Å². The summed E-state index contributed by atoms with van der Waals surface area (Å²) in [5, 5.41) is 0.